The molecule has 1 nitrogen and oxygen atoms in total. The molecule has 1 rings (SSSR count). The molecule has 0 fully saturated rings. The van der Waals surface area contributed by atoms with Crippen LogP contribution in [0, 0.1) is 11.6 Å². The van der Waals surface area contributed by atoms with Crippen LogP contribution in [0.1, 0.15) is 31.9 Å². The lowest BCUT2D eigenvalue weighted by molar-refractivity contribution is 0.438. The van der Waals surface area contributed by atoms with Gasteiger partial charge in [0.25, 0.3) is 0 Å². The van der Waals surface area contributed by atoms with E-state index in [0.29, 0.717) is 11.6 Å². The number of rotatable bonds is 6. The Morgan fingerprint density at radius 2 is 2.00 bits per heavy atom. The van der Waals surface area contributed by atoms with E-state index >= 15 is 0 Å². The molecule has 2 atom stereocenters. The molecule has 0 spiro atoms. The summed E-state index contributed by atoms with van der Waals surface area (Å²) in [7, 11) is 0. The number of benzene rings is 1. The molecule has 4 heteroatoms. The summed E-state index contributed by atoms with van der Waals surface area (Å²) < 4.78 is 26.6. The topological polar surface area (TPSA) is 12.0 Å². The maximum absolute atomic E-state index is 13.5. The first-order chi connectivity index (χ1) is 8.06. The van der Waals surface area contributed by atoms with Crippen molar-refractivity contribution >= 4 is 11.8 Å². The smallest absolute Gasteiger partial charge is 0.163 e. The lowest BCUT2D eigenvalue weighted by atomic mass is 10.1. The third kappa shape index (κ3) is 4.28. The summed E-state index contributed by atoms with van der Waals surface area (Å²) in [5, 5.41) is 3.28. The van der Waals surface area contributed by atoms with Gasteiger partial charge in [0, 0.05) is 17.6 Å². The van der Waals surface area contributed by atoms with Crippen LogP contribution >= 0.6 is 11.8 Å². The number of thioether (sulfide) groups is 1. The van der Waals surface area contributed by atoms with Crippen molar-refractivity contribution < 1.29 is 8.78 Å². The molecule has 1 N–H and O–H groups in total. The zero-order valence-electron chi connectivity index (χ0n) is 10.5. The van der Waals surface area contributed by atoms with Gasteiger partial charge in [-0.15, -0.1) is 0 Å². The molecule has 1 aromatic carbocycles. The second-order valence-electron chi connectivity index (χ2n) is 4.21. The van der Waals surface area contributed by atoms with Gasteiger partial charge in [-0.25, -0.2) is 8.78 Å². The fourth-order valence-electron chi connectivity index (χ4n) is 1.75. The molecule has 0 aromatic heterocycles. The van der Waals surface area contributed by atoms with Crippen LogP contribution in [0.15, 0.2) is 18.2 Å². The van der Waals surface area contributed by atoms with Gasteiger partial charge in [-0.2, -0.15) is 11.8 Å². The van der Waals surface area contributed by atoms with Crippen molar-refractivity contribution in [1.82, 2.24) is 5.32 Å². The Labute approximate surface area is 106 Å². The Morgan fingerprint density at radius 3 is 2.65 bits per heavy atom. The Hall–Kier alpha value is -0.610. The average Bonchev–Trinajstić information content (AvgIpc) is 2.29. The first kappa shape index (κ1) is 14.5. The Bertz CT molecular complexity index is 357. The minimum Gasteiger partial charge on any atom is -0.308 e. The zero-order chi connectivity index (χ0) is 12.8. The lowest BCUT2D eigenvalue weighted by Crippen LogP contribution is -2.30. The minimum atomic E-state index is -0.784. The van der Waals surface area contributed by atoms with Crippen molar-refractivity contribution in [3.8, 4) is 0 Å². The average molecular weight is 259 g/mol. The molecule has 0 amide bonds. The minimum absolute atomic E-state index is 0.178. The van der Waals surface area contributed by atoms with Crippen LogP contribution in [0.25, 0.3) is 0 Å². The second kappa shape index (κ2) is 6.97. The summed E-state index contributed by atoms with van der Waals surface area (Å²) in [4.78, 5) is 0. The van der Waals surface area contributed by atoms with Crippen molar-refractivity contribution in [2.24, 2.45) is 0 Å². The number of hydrogen-bond donors (Lipinski definition) is 1. The monoisotopic (exact) mass is 259 g/mol. The molecule has 1 aromatic rings. The van der Waals surface area contributed by atoms with Gasteiger partial charge in [0.15, 0.2) is 11.6 Å². The van der Waals surface area contributed by atoms with Crippen LogP contribution in [-0.2, 0) is 0 Å². The van der Waals surface area contributed by atoms with Crippen molar-refractivity contribution in [2.45, 2.75) is 32.4 Å². The first-order valence-electron chi connectivity index (χ1n) is 5.75. The molecule has 0 heterocycles. The van der Waals surface area contributed by atoms with Gasteiger partial charge in [0.1, 0.15) is 0 Å². The first-order valence-corrected chi connectivity index (χ1v) is 7.14. The standard InChI is InChI=1S/C13H19F2NS/c1-9(7-8-17-3)16-10(2)11-5-4-6-12(14)13(11)15/h4-6,9-10,16H,7-8H2,1-3H3. The lowest BCUT2D eigenvalue weighted by Gasteiger charge is -2.20. The molecular formula is C13H19F2NS. The molecule has 0 aliphatic heterocycles. The second-order valence-corrected chi connectivity index (χ2v) is 5.20. The normalized spacial score (nSPS) is 14.6. The maximum atomic E-state index is 13.5. The molecule has 96 valence electrons. The predicted molar refractivity (Wildman–Crippen MR) is 70.4 cm³/mol. The zero-order valence-corrected chi connectivity index (χ0v) is 11.3. The van der Waals surface area contributed by atoms with Crippen LogP contribution in [0.3, 0.4) is 0 Å². The molecule has 0 aliphatic carbocycles. The number of hydrogen-bond acceptors (Lipinski definition) is 2. The summed E-state index contributed by atoms with van der Waals surface area (Å²) in [6.45, 7) is 3.91. The van der Waals surface area contributed by atoms with Gasteiger partial charge in [0.2, 0.25) is 0 Å². The van der Waals surface area contributed by atoms with E-state index in [4.69, 9.17) is 0 Å². The number of halogens is 2. The summed E-state index contributed by atoms with van der Waals surface area (Å²) >= 11 is 1.78. The van der Waals surface area contributed by atoms with Crippen molar-refractivity contribution in [3.05, 3.63) is 35.4 Å². The summed E-state index contributed by atoms with van der Waals surface area (Å²) in [6.07, 6.45) is 3.07. The van der Waals surface area contributed by atoms with E-state index in [0.717, 1.165) is 18.2 Å². The largest absolute Gasteiger partial charge is 0.308 e. The molecular weight excluding hydrogens is 240 g/mol. The fourth-order valence-corrected chi connectivity index (χ4v) is 2.34. The van der Waals surface area contributed by atoms with Crippen LogP contribution in [0.5, 0.6) is 0 Å². The highest BCUT2D eigenvalue weighted by Crippen LogP contribution is 2.19. The summed E-state index contributed by atoms with van der Waals surface area (Å²) in [6, 6.07) is 4.42. The van der Waals surface area contributed by atoms with Crippen LogP contribution in [0.2, 0.25) is 0 Å². The predicted octanol–water partition coefficient (Wildman–Crippen LogP) is 3.76. The van der Waals surface area contributed by atoms with E-state index in [1.54, 1.807) is 23.9 Å². The van der Waals surface area contributed by atoms with Gasteiger partial charge in [-0.05, 0) is 38.3 Å². The van der Waals surface area contributed by atoms with E-state index in [9.17, 15) is 8.78 Å². The van der Waals surface area contributed by atoms with Gasteiger partial charge in [-0.3, -0.25) is 0 Å². The highest BCUT2D eigenvalue weighted by Gasteiger charge is 2.15. The molecule has 0 radical (unpaired) electrons. The van der Waals surface area contributed by atoms with E-state index in [2.05, 4.69) is 18.5 Å². The van der Waals surface area contributed by atoms with Crippen LogP contribution in [0.4, 0.5) is 8.78 Å². The van der Waals surface area contributed by atoms with Gasteiger partial charge in [0.05, 0.1) is 0 Å². The van der Waals surface area contributed by atoms with E-state index < -0.39 is 11.6 Å². The number of nitrogens with one attached hydrogen (secondary N) is 1. The van der Waals surface area contributed by atoms with Gasteiger partial charge in [-0.1, -0.05) is 12.1 Å². The third-order valence-corrected chi connectivity index (χ3v) is 3.38. The van der Waals surface area contributed by atoms with E-state index in [-0.39, 0.29) is 6.04 Å². The molecule has 0 saturated carbocycles. The van der Waals surface area contributed by atoms with E-state index in [1.807, 2.05) is 6.92 Å². The van der Waals surface area contributed by atoms with Crippen molar-refractivity contribution in [2.75, 3.05) is 12.0 Å². The highest BCUT2D eigenvalue weighted by molar-refractivity contribution is 7.98. The highest BCUT2D eigenvalue weighted by atomic mass is 32.2. The summed E-state index contributed by atoms with van der Waals surface area (Å²) in [5.74, 6) is -0.468. The van der Waals surface area contributed by atoms with Gasteiger partial charge >= 0.3 is 0 Å². The molecule has 0 saturated heterocycles. The van der Waals surface area contributed by atoms with E-state index in [1.165, 1.54) is 0 Å². The van der Waals surface area contributed by atoms with Crippen molar-refractivity contribution in [3.63, 3.8) is 0 Å². The summed E-state index contributed by atoms with van der Waals surface area (Å²) in [5.41, 5.74) is 0.390. The SMILES string of the molecule is CSCCC(C)NC(C)c1cccc(F)c1F. The quantitative estimate of drug-likeness (QED) is 0.835. The van der Waals surface area contributed by atoms with Crippen LogP contribution < -0.4 is 5.32 Å². The third-order valence-electron chi connectivity index (χ3n) is 2.74. The molecule has 0 bridgehead atoms. The Kier molecular flexibility index (Phi) is 5.92. The fraction of sp³-hybridized carbons (Fsp3) is 0.538. The maximum Gasteiger partial charge on any atom is 0.163 e. The Morgan fingerprint density at radius 1 is 1.29 bits per heavy atom. The molecule has 0 aliphatic rings. The van der Waals surface area contributed by atoms with Crippen LogP contribution in [-0.4, -0.2) is 18.1 Å². The Balaban J connectivity index is 2.63. The molecule has 2 unspecified atom stereocenters. The molecule has 17 heavy (non-hydrogen) atoms. The van der Waals surface area contributed by atoms with Gasteiger partial charge < -0.3 is 5.32 Å². The van der Waals surface area contributed by atoms with Crippen molar-refractivity contribution in [1.29, 1.82) is 0 Å².